The number of ketones is 3. The highest BCUT2D eigenvalue weighted by Crippen LogP contribution is 2.27. The minimum atomic E-state index is -0.984. The van der Waals surface area contributed by atoms with Crippen LogP contribution in [0.15, 0.2) is 146 Å². The summed E-state index contributed by atoms with van der Waals surface area (Å²) >= 11 is 4.74. The van der Waals surface area contributed by atoms with Crippen molar-refractivity contribution in [2.45, 2.75) is 33.1 Å². The molecule has 3 aromatic carbocycles. The maximum absolute atomic E-state index is 12.9. The molecule has 22 heteroatoms. The number of carboxylic acids is 1. The fraction of sp³-hybridized carbons (Fsp3) is 0.190. The van der Waals surface area contributed by atoms with Crippen molar-refractivity contribution in [3.05, 3.63) is 214 Å². The average Bonchev–Trinajstić information content (AvgIpc) is 4.32. The molecule has 8 aromatic rings. The monoisotopic (exact) mass is 1160 g/mol. The van der Waals surface area contributed by atoms with Gasteiger partial charge in [0.1, 0.15) is 22.3 Å². The Morgan fingerprint density at radius 3 is 1.27 bits per heavy atom. The Balaban J connectivity index is 0.000000203. The van der Waals surface area contributed by atoms with Crippen molar-refractivity contribution in [3.63, 3.8) is 0 Å². The smallest absolute Gasteiger partial charge is 0.345 e. The van der Waals surface area contributed by atoms with E-state index in [2.05, 4.69) is 31.2 Å². The van der Waals surface area contributed by atoms with E-state index in [9.17, 15) is 46.7 Å². The van der Waals surface area contributed by atoms with Gasteiger partial charge in [-0.3, -0.25) is 28.8 Å². The molecule has 0 spiro atoms. The van der Waals surface area contributed by atoms with Crippen LogP contribution in [0.2, 0.25) is 0 Å². The molecule has 416 valence electrons. The first-order valence-corrected chi connectivity index (χ1v) is 27.7. The Bertz CT molecular complexity index is 3360. The zero-order chi connectivity index (χ0) is 58.1. The first-order chi connectivity index (χ1) is 38.3. The standard InChI is InChI=1S/C18H17FN4OS.C18H19FN2O2S.C15H14FNO2S.C7H6O3S/c1-20-18-22-11-9-14(23-18)15-6-7-16(25-15)17(24)21-10-8-12-2-4-13(19)5-3-12;1-21(2)12-10-15(22)16-7-8-17(24-16)18(23)20-11-9-13-3-5-14(19)6-4-13;1-10(18)13-6-7-14(20-13)15(19)17-9-8-11-2-4-12(16)5-3-11;1-4(8)5-2-3-6(11-5)7(9)10/h2-7,9,11H,8,10H2,1H3,(H,21,24)(H,20,22,23);3-8,10,12H,9,11H2,1-2H3,(H,20,23);2-7H,8-9H2,1H3,(H,17,19);2-3H,1H3,(H,9,10). The van der Waals surface area contributed by atoms with Crippen LogP contribution in [0.3, 0.4) is 0 Å². The summed E-state index contributed by atoms with van der Waals surface area (Å²) in [5.74, 6) is -2.04. The molecule has 0 saturated carbocycles. The summed E-state index contributed by atoms with van der Waals surface area (Å²) in [5, 5.41) is 19.8. The minimum Gasteiger partial charge on any atom is -0.477 e. The number of nitrogens with one attached hydrogen (secondary N) is 4. The lowest BCUT2D eigenvalue weighted by atomic mass is 10.1. The Hall–Kier alpha value is -8.44. The van der Waals surface area contributed by atoms with Gasteiger partial charge in [0.15, 0.2) is 17.3 Å². The van der Waals surface area contributed by atoms with Crippen molar-refractivity contribution < 1.29 is 51.8 Å². The van der Waals surface area contributed by atoms with Crippen molar-refractivity contribution in [1.29, 1.82) is 0 Å². The number of hydrogen-bond donors (Lipinski definition) is 5. The molecule has 0 unspecified atom stereocenters. The van der Waals surface area contributed by atoms with Crippen LogP contribution >= 0.6 is 45.3 Å². The molecular formula is C58H56F3N7O8S4. The van der Waals surface area contributed by atoms with Gasteiger partial charge >= 0.3 is 5.97 Å². The number of aromatic nitrogens is 2. The Morgan fingerprint density at radius 2 is 0.887 bits per heavy atom. The Morgan fingerprint density at radius 1 is 0.512 bits per heavy atom. The molecule has 8 rings (SSSR count). The molecule has 0 bridgehead atoms. The molecule has 5 N–H and O–H groups in total. The van der Waals surface area contributed by atoms with E-state index in [0.29, 0.717) is 74.1 Å². The maximum atomic E-state index is 12.9. The third-order valence-electron chi connectivity index (χ3n) is 10.7. The van der Waals surface area contributed by atoms with Crippen LogP contribution in [-0.4, -0.2) is 102 Å². The van der Waals surface area contributed by atoms with Gasteiger partial charge < -0.3 is 31.3 Å². The normalized spacial score (nSPS) is 10.4. The van der Waals surface area contributed by atoms with Gasteiger partial charge in [0.2, 0.25) is 5.95 Å². The minimum absolute atomic E-state index is 0.0413. The molecule has 0 atom stereocenters. The summed E-state index contributed by atoms with van der Waals surface area (Å²) in [5.41, 5.74) is 3.67. The number of carbonyl (C=O) groups is 7. The molecule has 5 heterocycles. The van der Waals surface area contributed by atoms with E-state index in [1.54, 1.807) is 91.1 Å². The van der Waals surface area contributed by atoms with Gasteiger partial charge in [-0.2, -0.15) is 0 Å². The number of aromatic carboxylic acids is 1. The van der Waals surface area contributed by atoms with Crippen LogP contribution in [0.1, 0.15) is 98.2 Å². The molecule has 5 aromatic heterocycles. The van der Waals surface area contributed by atoms with Crippen LogP contribution in [0.4, 0.5) is 19.1 Å². The third kappa shape index (κ3) is 21.1. The number of thiophene rings is 4. The quantitative estimate of drug-likeness (QED) is 0.0356. The number of anilines is 1. The summed E-state index contributed by atoms with van der Waals surface area (Å²) in [4.78, 5) is 94.9. The van der Waals surface area contributed by atoms with Gasteiger partial charge in [-0.15, -0.1) is 45.3 Å². The molecule has 80 heavy (non-hydrogen) atoms. The topological polar surface area (TPSA) is 217 Å². The first kappa shape index (κ1) is 62.4. The second-order valence-corrected chi connectivity index (χ2v) is 21.5. The van der Waals surface area contributed by atoms with E-state index in [4.69, 9.17) is 5.11 Å². The first-order valence-electron chi connectivity index (χ1n) is 24.4. The van der Waals surface area contributed by atoms with Gasteiger partial charge in [0.25, 0.3) is 17.7 Å². The molecular weight excluding hydrogens is 1110 g/mol. The van der Waals surface area contributed by atoms with Gasteiger partial charge in [-0.1, -0.05) is 36.4 Å². The lowest BCUT2D eigenvalue weighted by molar-refractivity contribution is 0.0700. The van der Waals surface area contributed by atoms with Crippen LogP contribution in [0, 0.1) is 17.5 Å². The van der Waals surface area contributed by atoms with Crippen LogP contribution in [0.5, 0.6) is 0 Å². The number of benzene rings is 3. The summed E-state index contributed by atoms with van der Waals surface area (Å²) in [7, 11) is 5.42. The predicted molar refractivity (Wildman–Crippen MR) is 309 cm³/mol. The average molecular weight is 1160 g/mol. The van der Waals surface area contributed by atoms with Crippen molar-refractivity contribution in [3.8, 4) is 10.6 Å². The number of halogens is 3. The zero-order valence-corrected chi connectivity index (χ0v) is 47.3. The van der Waals surface area contributed by atoms with Gasteiger partial charge in [0, 0.05) is 59.3 Å². The lowest BCUT2D eigenvalue weighted by Crippen LogP contribution is -2.24. The fourth-order valence-electron chi connectivity index (χ4n) is 6.57. The van der Waals surface area contributed by atoms with Gasteiger partial charge in [-0.05, 0) is 141 Å². The SMILES string of the molecule is CC(=O)c1ccc(C(=O)NCCc2ccc(F)cc2)s1.CC(=O)c1ccc(C(=O)O)s1.CN(C)C=CC(=O)c1ccc(C(=O)NCCc2ccc(F)cc2)s1.CNc1nccc(-c2ccc(C(=O)NCCc3ccc(F)cc3)s2)n1. The van der Waals surface area contributed by atoms with Gasteiger partial charge in [-0.25, -0.2) is 27.9 Å². The number of amides is 3. The molecule has 3 amide bonds. The summed E-state index contributed by atoms with van der Waals surface area (Å²) in [6.45, 7) is 4.30. The van der Waals surface area contributed by atoms with E-state index in [-0.39, 0.29) is 57.4 Å². The molecule has 0 fully saturated rings. The summed E-state index contributed by atoms with van der Waals surface area (Å²) < 4.78 is 38.4. The van der Waals surface area contributed by atoms with Crippen molar-refractivity contribution in [2.24, 2.45) is 0 Å². The van der Waals surface area contributed by atoms with Crippen LogP contribution in [-0.2, 0) is 19.3 Å². The molecule has 0 aliphatic carbocycles. The zero-order valence-electron chi connectivity index (χ0n) is 44.0. The largest absolute Gasteiger partial charge is 0.477 e. The summed E-state index contributed by atoms with van der Waals surface area (Å²) in [6, 6.07) is 33.7. The number of nitrogens with zero attached hydrogens (tertiary/aromatic N) is 3. The van der Waals surface area contributed by atoms with E-state index >= 15 is 0 Å². The van der Waals surface area contributed by atoms with E-state index in [1.165, 1.54) is 102 Å². The van der Waals surface area contributed by atoms with E-state index < -0.39 is 5.97 Å². The molecule has 0 aliphatic heterocycles. The van der Waals surface area contributed by atoms with Crippen LogP contribution < -0.4 is 21.3 Å². The van der Waals surface area contributed by atoms with Crippen molar-refractivity contribution >= 4 is 92.3 Å². The Kier molecular flexibility index (Phi) is 24.8. The highest BCUT2D eigenvalue weighted by Gasteiger charge is 2.15. The highest BCUT2D eigenvalue weighted by atomic mass is 32.1. The molecule has 0 radical (unpaired) electrons. The number of allylic oxidation sites excluding steroid dienone is 1. The Labute approximate surface area is 476 Å². The maximum Gasteiger partial charge on any atom is 0.345 e. The van der Waals surface area contributed by atoms with E-state index in [0.717, 1.165) is 38.6 Å². The second-order valence-electron chi connectivity index (χ2n) is 17.1. The fourth-order valence-corrected chi connectivity index (χ4v) is 9.86. The lowest BCUT2D eigenvalue weighted by Gasteiger charge is -2.04. The summed E-state index contributed by atoms with van der Waals surface area (Å²) in [6.07, 6.45) is 6.73. The number of rotatable bonds is 20. The molecule has 0 saturated heterocycles. The molecule has 15 nitrogen and oxygen atoms in total. The van der Waals surface area contributed by atoms with E-state index in [1.807, 2.05) is 26.2 Å². The number of Topliss-reactive ketones (excluding diaryl/α,β-unsaturated/α-hetero) is 2. The second kappa shape index (κ2) is 31.8. The number of hydrogen-bond acceptors (Lipinski definition) is 15. The predicted octanol–water partition coefficient (Wildman–Crippen LogP) is 11.2. The number of carboxylic acid groups (broad SMARTS) is 1. The van der Waals surface area contributed by atoms with Crippen molar-refractivity contribution in [2.75, 3.05) is 46.1 Å². The van der Waals surface area contributed by atoms with Crippen molar-refractivity contribution in [1.82, 2.24) is 30.8 Å². The number of carbonyl (C=O) groups excluding carboxylic acids is 6. The van der Waals surface area contributed by atoms with Gasteiger partial charge in [0.05, 0.1) is 39.8 Å². The highest BCUT2D eigenvalue weighted by molar-refractivity contribution is 7.17. The molecule has 0 aliphatic rings. The third-order valence-corrected chi connectivity index (χ3v) is 15.3. The van der Waals surface area contributed by atoms with Crippen LogP contribution in [0.25, 0.3) is 10.6 Å².